The lowest BCUT2D eigenvalue weighted by atomic mass is 10.3. The highest BCUT2D eigenvalue weighted by atomic mass is 32.2. The molecule has 0 saturated heterocycles. The summed E-state index contributed by atoms with van der Waals surface area (Å²) in [6.07, 6.45) is 1.68. The van der Waals surface area contributed by atoms with Gasteiger partial charge in [-0.3, -0.25) is 0 Å². The van der Waals surface area contributed by atoms with E-state index in [1.165, 1.54) is 0 Å². The Labute approximate surface area is 119 Å². The number of aromatic amines is 1. The fraction of sp³-hybridized carbons (Fsp3) is 0.0714. The summed E-state index contributed by atoms with van der Waals surface area (Å²) in [5.74, 6) is 1.70. The van der Waals surface area contributed by atoms with E-state index in [9.17, 15) is 0 Å². The van der Waals surface area contributed by atoms with Crippen LogP contribution in [0.1, 0.15) is 11.5 Å². The molecule has 2 heterocycles. The van der Waals surface area contributed by atoms with Gasteiger partial charge >= 0.3 is 0 Å². The van der Waals surface area contributed by atoms with Crippen molar-refractivity contribution in [2.24, 2.45) is 0 Å². The molecule has 6 heteroatoms. The monoisotopic (exact) mass is 282 g/mol. The summed E-state index contributed by atoms with van der Waals surface area (Å²) < 4.78 is 5.19. The van der Waals surface area contributed by atoms with Gasteiger partial charge in [0.2, 0.25) is 0 Å². The summed E-state index contributed by atoms with van der Waals surface area (Å²) in [4.78, 5) is 8.30. The number of aromatic nitrogens is 3. The number of nitrogens with zero attached hydrogens (tertiary/aromatic N) is 3. The summed E-state index contributed by atoms with van der Waals surface area (Å²) in [6, 6.07) is 13.7. The first-order valence-electron chi connectivity index (χ1n) is 5.94. The predicted molar refractivity (Wildman–Crippen MR) is 74.8 cm³/mol. The third kappa shape index (κ3) is 2.73. The van der Waals surface area contributed by atoms with Gasteiger partial charge in [-0.15, -0.1) is 11.8 Å². The van der Waals surface area contributed by atoms with E-state index in [0.717, 1.165) is 10.5 Å². The summed E-state index contributed by atoms with van der Waals surface area (Å²) in [6.45, 7) is 0. The number of H-pyrrole nitrogens is 1. The van der Waals surface area contributed by atoms with Crippen molar-refractivity contribution in [3.63, 3.8) is 0 Å². The number of rotatable bonds is 4. The molecule has 3 rings (SSSR count). The molecule has 0 atom stereocenters. The Bertz CT molecular complexity index is 742. The minimum atomic E-state index is 0.423. The first kappa shape index (κ1) is 12.5. The highest BCUT2D eigenvalue weighted by molar-refractivity contribution is 7.98. The van der Waals surface area contributed by atoms with Crippen LogP contribution in [0.4, 0.5) is 0 Å². The Balaban J connectivity index is 1.69. The fourth-order valence-electron chi connectivity index (χ4n) is 1.68. The van der Waals surface area contributed by atoms with E-state index in [4.69, 9.17) is 9.78 Å². The molecule has 2 aromatic heterocycles. The van der Waals surface area contributed by atoms with Gasteiger partial charge in [0.15, 0.2) is 5.82 Å². The van der Waals surface area contributed by atoms with Gasteiger partial charge in [0, 0.05) is 11.1 Å². The SMILES string of the molecule is N#Cc1cc(-c2nc(CSc3ccccc3)no2)c[nH]1. The minimum Gasteiger partial charge on any atom is -0.352 e. The maximum absolute atomic E-state index is 8.76. The topological polar surface area (TPSA) is 78.5 Å². The molecule has 98 valence electrons. The molecule has 1 N–H and O–H groups in total. The molecule has 0 fully saturated rings. The molecular weight excluding hydrogens is 272 g/mol. The van der Waals surface area contributed by atoms with Crippen LogP contribution in [0.25, 0.3) is 11.5 Å². The maximum Gasteiger partial charge on any atom is 0.259 e. The first-order chi connectivity index (χ1) is 9.85. The van der Waals surface area contributed by atoms with Crippen molar-refractivity contribution in [2.75, 3.05) is 0 Å². The zero-order valence-corrected chi connectivity index (χ0v) is 11.2. The Morgan fingerprint density at radius 2 is 2.15 bits per heavy atom. The van der Waals surface area contributed by atoms with Gasteiger partial charge in [0.05, 0.1) is 11.3 Å². The van der Waals surface area contributed by atoms with E-state index in [0.29, 0.717) is 23.2 Å². The summed E-state index contributed by atoms with van der Waals surface area (Å²) >= 11 is 1.65. The highest BCUT2D eigenvalue weighted by Crippen LogP contribution is 2.23. The Morgan fingerprint density at radius 3 is 2.90 bits per heavy atom. The van der Waals surface area contributed by atoms with Crippen molar-refractivity contribution in [1.29, 1.82) is 5.26 Å². The highest BCUT2D eigenvalue weighted by Gasteiger charge is 2.10. The molecule has 0 radical (unpaired) electrons. The van der Waals surface area contributed by atoms with Gasteiger partial charge in [-0.05, 0) is 18.2 Å². The average molecular weight is 282 g/mol. The quantitative estimate of drug-likeness (QED) is 0.743. The number of hydrogen-bond acceptors (Lipinski definition) is 5. The Hall–Kier alpha value is -2.52. The molecule has 20 heavy (non-hydrogen) atoms. The molecule has 0 bridgehead atoms. The minimum absolute atomic E-state index is 0.423. The molecule has 0 unspecified atom stereocenters. The second-order valence-electron chi connectivity index (χ2n) is 4.03. The molecule has 3 aromatic rings. The van der Waals surface area contributed by atoms with Crippen LogP contribution >= 0.6 is 11.8 Å². The Morgan fingerprint density at radius 1 is 1.30 bits per heavy atom. The largest absolute Gasteiger partial charge is 0.352 e. The lowest BCUT2D eigenvalue weighted by molar-refractivity contribution is 0.425. The van der Waals surface area contributed by atoms with E-state index in [1.54, 1.807) is 24.0 Å². The molecule has 0 aliphatic carbocycles. The summed E-state index contributed by atoms with van der Waals surface area (Å²) in [7, 11) is 0. The molecule has 0 amide bonds. The average Bonchev–Trinajstić information content (AvgIpc) is 3.15. The van der Waals surface area contributed by atoms with Crippen LogP contribution in [0.3, 0.4) is 0 Å². The van der Waals surface area contributed by atoms with Crippen molar-refractivity contribution >= 4 is 11.8 Å². The Kier molecular flexibility index (Phi) is 3.52. The van der Waals surface area contributed by atoms with Crippen LogP contribution in [0.5, 0.6) is 0 Å². The lowest BCUT2D eigenvalue weighted by Gasteiger charge is -1.96. The van der Waals surface area contributed by atoms with Crippen LogP contribution in [0.15, 0.2) is 52.0 Å². The normalized spacial score (nSPS) is 10.3. The van der Waals surface area contributed by atoms with Crippen LogP contribution in [0.2, 0.25) is 0 Å². The smallest absolute Gasteiger partial charge is 0.259 e. The van der Waals surface area contributed by atoms with Crippen LogP contribution in [0, 0.1) is 11.3 Å². The van der Waals surface area contributed by atoms with E-state index in [2.05, 4.69) is 15.1 Å². The van der Waals surface area contributed by atoms with Gasteiger partial charge in [-0.2, -0.15) is 10.2 Å². The number of hydrogen-bond donors (Lipinski definition) is 1. The molecule has 0 spiro atoms. The fourth-order valence-corrected chi connectivity index (χ4v) is 2.44. The van der Waals surface area contributed by atoms with E-state index in [-0.39, 0.29) is 0 Å². The van der Waals surface area contributed by atoms with E-state index >= 15 is 0 Å². The molecule has 5 nitrogen and oxygen atoms in total. The lowest BCUT2D eigenvalue weighted by Crippen LogP contribution is -1.83. The molecule has 0 saturated carbocycles. The van der Waals surface area contributed by atoms with Gasteiger partial charge in [-0.25, -0.2) is 0 Å². The molecule has 0 aliphatic heterocycles. The molecule has 0 aliphatic rings. The van der Waals surface area contributed by atoms with E-state index in [1.807, 2.05) is 36.4 Å². The van der Waals surface area contributed by atoms with Crippen LogP contribution in [-0.4, -0.2) is 15.1 Å². The zero-order chi connectivity index (χ0) is 13.8. The standard InChI is InChI=1S/C14H10N4OS/c15-7-11-6-10(8-16-11)14-17-13(18-19-14)9-20-12-4-2-1-3-5-12/h1-6,8,16H,9H2. The summed E-state index contributed by atoms with van der Waals surface area (Å²) in [5.41, 5.74) is 1.20. The third-order valence-corrected chi connectivity index (χ3v) is 3.64. The van der Waals surface area contributed by atoms with Crippen LogP contribution in [-0.2, 0) is 5.75 Å². The van der Waals surface area contributed by atoms with Crippen molar-refractivity contribution in [3.8, 4) is 17.5 Å². The summed E-state index contributed by atoms with van der Waals surface area (Å²) in [5, 5.41) is 12.7. The van der Waals surface area contributed by atoms with Crippen molar-refractivity contribution in [3.05, 3.63) is 54.1 Å². The zero-order valence-electron chi connectivity index (χ0n) is 10.4. The van der Waals surface area contributed by atoms with Gasteiger partial charge < -0.3 is 9.51 Å². The van der Waals surface area contributed by atoms with Crippen LogP contribution < -0.4 is 0 Å². The predicted octanol–water partition coefficient (Wildman–Crippen LogP) is 3.23. The van der Waals surface area contributed by atoms with Gasteiger partial charge in [0.25, 0.3) is 5.89 Å². The number of thioether (sulfide) groups is 1. The number of benzene rings is 1. The molecular formula is C14H10N4OS. The second kappa shape index (κ2) is 5.63. The maximum atomic E-state index is 8.76. The third-order valence-electron chi connectivity index (χ3n) is 2.63. The molecule has 1 aromatic carbocycles. The number of nitrogens with one attached hydrogen (secondary N) is 1. The van der Waals surface area contributed by atoms with E-state index < -0.39 is 0 Å². The first-order valence-corrected chi connectivity index (χ1v) is 6.93. The van der Waals surface area contributed by atoms with Gasteiger partial charge in [0.1, 0.15) is 11.8 Å². The van der Waals surface area contributed by atoms with Crippen molar-refractivity contribution in [2.45, 2.75) is 10.6 Å². The van der Waals surface area contributed by atoms with Gasteiger partial charge in [-0.1, -0.05) is 23.4 Å². The van der Waals surface area contributed by atoms with Crippen molar-refractivity contribution < 1.29 is 4.52 Å². The number of nitriles is 1. The second-order valence-corrected chi connectivity index (χ2v) is 5.08. The van der Waals surface area contributed by atoms with Crippen molar-refractivity contribution in [1.82, 2.24) is 15.1 Å².